The zero-order valence-electron chi connectivity index (χ0n) is 11.8. The first kappa shape index (κ1) is 15.3. The standard InChI is InChI=1S/C14H22N2O3/c1-11(10-15)14(17)16(2)8-9-19-13-7-5-4-6-12(13)18-3/h4-7,11H,8-10,15H2,1-3H3. The summed E-state index contributed by atoms with van der Waals surface area (Å²) in [6.45, 7) is 3.11. The summed E-state index contributed by atoms with van der Waals surface area (Å²) in [4.78, 5) is 13.4. The Balaban J connectivity index is 2.44. The number of nitrogens with two attached hydrogens (primary N) is 1. The molecule has 5 heteroatoms. The predicted molar refractivity (Wildman–Crippen MR) is 74.3 cm³/mol. The fourth-order valence-corrected chi connectivity index (χ4v) is 1.62. The second-order valence-corrected chi connectivity index (χ2v) is 4.40. The molecule has 0 aliphatic heterocycles. The number of nitrogens with zero attached hydrogens (tertiary/aromatic N) is 1. The lowest BCUT2D eigenvalue weighted by Gasteiger charge is -2.21. The van der Waals surface area contributed by atoms with E-state index in [0.717, 1.165) is 0 Å². The molecule has 0 radical (unpaired) electrons. The van der Waals surface area contributed by atoms with Gasteiger partial charge in [-0.2, -0.15) is 0 Å². The van der Waals surface area contributed by atoms with Gasteiger partial charge in [-0.1, -0.05) is 19.1 Å². The van der Waals surface area contributed by atoms with Crippen molar-refractivity contribution in [1.82, 2.24) is 4.90 Å². The Kier molecular flexibility index (Phi) is 6.15. The Bertz CT molecular complexity index is 409. The van der Waals surface area contributed by atoms with Crippen molar-refractivity contribution in [1.29, 1.82) is 0 Å². The zero-order valence-corrected chi connectivity index (χ0v) is 11.8. The molecule has 0 fully saturated rings. The minimum absolute atomic E-state index is 0.0335. The van der Waals surface area contributed by atoms with E-state index < -0.39 is 0 Å². The van der Waals surface area contributed by atoms with Crippen molar-refractivity contribution in [2.24, 2.45) is 11.7 Å². The first-order valence-electron chi connectivity index (χ1n) is 6.31. The molecule has 0 heterocycles. The smallest absolute Gasteiger partial charge is 0.226 e. The first-order valence-corrected chi connectivity index (χ1v) is 6.31. The number of carbonyl (C=O) groups is 1. The molecule has 1 aromatic carbocycles. The maximum absolute atomic E-state index is 11.8. The number of hydrogen-bond donors (Lipinski definition) is 1. The number of hydrogen-bond acceptors (Lipinski definition) is 4. The summed E-state index contributed by atoms with van der Waals surface area (Å²) < 4.78 is 10.8. The Morgan fingerprint density at radius 3 is 2.58 bits per heavy atom. The van der Waals surface area contributed by atoms with Crippen molar-refractivity contribution in [3.8, 4) is 11.5 Å². The van der Waals surface area contributed by atoms with E-state index in [1.807, 2.05) is 31.2 Å². The van der Waals surface area contributed by atoms with Gasteiger partial charge >= 0.3 is 0 Å². The van der Waals surface area contributed by atoms with Gasteiger partial charge in [0, 0.05) is 19.5 Å². The molecule has 1 rings (SSSR count). The van der Waals surface area contributed by atoms with Gasteiger partial charge in [-0.25, -0.2) is 0 Å². The van der Waals surface area contributed by atoms with Crippen LogP contribution >= 0.6 is 0 Å². The average molecular weight is 266 g/mol. The van der Waals surface area contributed by atoms with Crippen LogP contribution in [0.5, 0.6) is 11.5 Å². The maximum Gasteiger partial charge on any atom is 0.226 e. The van der Waals surface area contributed by atoms with Crippen LogP contribution in [0.1, 0.15) is 6.92 Å². The first-order chi connectivity index (χ1) is 9.10. The van der Waals surface area contributed by atoms with E-state index in [9.17, 15) is 4.79 Å². The summed E-state index contributed by atoms with van der Waals surface area (Å²) >= 11 is 0. The summed E-state index contributed by atoms with van der Waals surface area (Å²) in [5.41, 5.74) is 5.47. The van der Waals surface area contributed by atoms with E-state index >= 15 is 0 Å². The third-order valence-corrected chi connectivity index (χ3v) is 2.90. The molecule has 106 valence electrons. The Morgan fingerprint density at radius 1 is 1.37 bits per heavy atom. The molecular weight excluding hydrogens is 244 g/mol. The predicted octanol–water partition coefficient (Wildman–Crippen LogP) is 1.13. The average Bonchev–Trinajstić information content (AvgIpc) is 2.45. The molecule has 0 saturated heterocycles. The van der Waals surface area contributed by atoms with Gasteiger partial charge in [0.15, 0.2) is 11.5 Å². The largest absolute Gasteiger partial charge is 0.493 e. The van der Waals surface area contributed by atoms with Gasteiger partial charge in [0.1, 0.15) is 6.61 Å². The third-order valence-electron chi connectivity index (χ3n) is 2.90. The lowest BCUT2D eigenvalue weighted by atomic mass is 10.1. The maximum atomic E-state index is 11.8. The molecule has 1 aromatic rings. The number of amides is 1. The zero-order chi connectivity index (χ0) is 14.3. The topological polar surface area (TPSA) is 64.8 Å². The van der Waals surface area contributed by atoms with Crippen molar-refractivity contribution in [3.05, 3.63) is 24.3 Å². The minimum Gasteiger partial charge on any atom is -0.493 e. The van der Waals surface area contributed by atoms with Crippen LogP contribution in [0.15, 0.2) is 24.3 Å². The van der Waals surface area contributed by atoms with Crippen molar-refractivity contribution in [3.63, 3.8) is 0 Å². The van der Waals surface area contributed by atoms with E-state index in [4.69, 9.17) is 15.2 Å². The number of methoxy groups -OCH3 is 1. The summed E-state index contributed by atoms with van der Waals surface area (Å²) in [7, 11) is 3.35. The highest BCUT2D eigenvalue weighted by molar-refractivity contribution is 5.78. The van der Waals surface area contributed by atoms with Crippen LogP contribution in [0.4, 0.5) is 0 Å². The van der Waals surface area contributed by atoms with Gasteiger partial charge in [-0.05, 0) is 12.1 Å². The molecule has 1 atom stereocenters. The molecule has 2 N–H and O–H groups in total. The van der Waals surface area contributed by atoms with Crippen LogP contribution in [-0.4, -0.2) is 44.7 Å². The number of likely N-dealkylation sites (N-methyl/N-ethyl adjacent to an activating group) is 1. The monoisotopic (exact) mass is 266 g/mol. The fraction of sp³-hybridized carbons (Fsp3) is 0.500. The molecule has 0 aliphatic carbocycles. The van der Waals surface area contributed by atoms with Crippen molar-refractivity contribution in [2.45, 2.75) is 6.92 Å². The number of carbonyl (C=O) groups excluding carboxylic acids is 1. The van der Waals surface area contributed by atoms with Crippen molar-refractivity contribution < 1.29 is 14.3 Å². The SMILES string of the molecule is COc1ccccc1OCCN(C)C(=O)C(C)CN. The van der Waals surface area contributed by atoms with Crippen LogP contribution in [0, 0.1) is 5.92 Å². The van der Waals surface area contributed by atoms with Crippen LogP contribution in [0.25, 0.3) is 0 Å². The van der Waals surface area contributed by atoms with E-state index in [-0.39, 0.29) is 11.8 Å². The van der Waals surface area contributed by atoms with Gasteiger partial charge in [0.25, 0.3) is 0 Å². The summed E-state index contributed by atoms with van der Waals surface area (Å²) in [6, 6.07) is 7.43. The molecule has 0 saturated carbocycles. The van der Waals surface area contributed by atoms with Gasteiger partial charge in [-0.3, -0.25) is 4.79 Å². The lowest BCUT2D eigenvalue weighted by molar-refractivity contribution is -0.133. The fourth-order valence-electron chi connectivity index (χ4n) is 1.62. The lowest BCUT2D eigenvalue weighted by Crippen LogP contribution is -2.37. The van der Waals surface area contributed by atoms with Crippen molar-refractivity contribution in [2.75, 3.05) is 33.9 Å². The van der Waals surface area contributed by atoms with Crippen LogP contribution in [-0.2, 0) is 4.79 Å². The van der Waals surface area contributed by atoms with Gasteiger partial charge in [0.2, 0.25) is 5.91 Å². The highest BCUT2D eigenvalue weighted by Crippen LogP contribution is 2.25. The van der Waals surface area contributed by atoms with Gasteiger partial charge in [-0.15, -0.1) is 0 Å². The molecule has 19 heavy (non-hydrogen) atoms. The molecule has 0 bridgehead atoms. The van der Waals surface area contributed by atoms with Gasteiger partial charge < -0.3 is 20.1 Å². The Labute approximate surface area is 114 Å². The number of ether oxygens (including phenoxy) is 2. The number of para-hydroxylation sites is 2. The van der Waals surface area contributed by atoms with E-state index in [1.165, 1.54) is 0 Å². The molecule has 0 aromatic heterocycles. The van der Waals surface area contributed by atoms with E-state index in [0.29, 0.717) is 31.2 Å². The van der Waals surface area contributed by atoms with Gasteiger partial charge in [0.05, 0.1) is 13.7 Å². The summed E-state index contributed by atoms with van der Waals surface area (Å²) in [5.74, 6) is 1.24. The molecule has 1 unspecified atom stereocenters. The number of benzene rings is 1. The summed E-state index contributed by atoms with van der Waals surface area (Å²) in [6.07, 6.45) is 0. The summed E-state index contributed by atoms with van der Waals surface area (Å²) in [5, 5.41) is 0. The van der Waals surface area contributed by atoms with E-state index in [1.54, 1.807) is 19.1 Å². The normalized spacial score (nSPS) is 11.8. The van der Waals surface area contributed by atoms with Crippen LogP contribution in [0.2, 0.25) is 0 Å². The minimum atomic E-state index is -0.156. The Hall–Kier alpha value is -1.75. The second kappa shape index (κ2) is 7.63. The van der Waals surface area contributed by atoms with E-state index in [2.05, 4.69) is 0 Å². The van der Waals surface area contributed by atoms with Crippen molar-refractivity contribution >= 4 is 5.91 Å². The quantitative estimate of drug-likeness (QED) is 0.803. The molecule has 0 spiro atoms. The highest BCUT2D eigenvalue weighted by Gasteiger charge is 2.15. The Morgan fingerprint density at radius 2 is 2.00 bits per heavy atom. The third kappa shape index (κ3) is 4.44. The highest BCUT2D eigenvalue weighted by atomic mass is 16.5. The molecule has 1 amide bonds. The second-order valence-electron chi connectivity index (χ2n) is 4.40. The number of rotatable bonds is 7. The van der Waals surface area contributed by atoms with Crippen LogP contribution < -0.4 is 15.2 Å². The molecular formula is C14H22N2O3. The molecule has 5 nitrogen and oxygen atoms in total. The van der Waals surface area contributed by atoms with Crippen LogP contribution in [0.3, 0.4) is 0 Å². The molecule has 0 aliphatic rings.